The number of aromatic nitrogens is 4. The zero-order chi connectivity index (χ0) is 26.9. The second kappa shape index (κ2) is 10.9. The zero-order valence-corrected chi connectivity index (χ0v) is 23.0. The highest BCUT2D eigenvalue weighted by molar-refractivity contribution is 6.32. The van der Waals surface area contributed by atoms with E-state index in [2.05, 4.69) is 43.8 Å². The number of anilines is 3. The van der Waals surface area contributed by atoms with E-state index in [0.717, 1.165) is 92.3 Å². The number of piperazine rings is 2. The molecule has 10 nitrogen and oxygen atoms in total. The Hall–Kier alpha value is -3.60. The molecule has 204 valence electrons. The van der Waals surface area contributed by atoms with Crippen LogP contribution in [0.1, 0.15) is 5.56 Å². The van der Waals surface area contributed by atoms with Crippen LogP contribution in [0.2, 0.25) is 5.02 Å². The van der Waals surface area contributed by atoms with Gasteiger partial charge in [-0.15, -0.1) is 0 Å². The van der Waals surface area contributed by atoms with Crippen LogP contribution in [0.5, 0.6) is 5.75 Å². The third-order valence-corrected chi connectivity index (χ3v) is 7.95. The molecule has 0 bridgehead atoms. The van der Waals surface area contributed by atoms with E-state index in [-0.39, 0.29) is 6.61 Å². The second-order valence-electron chi connectivity index (χ2n) is 10.1. The minimum absolute atomic E-state index is 0.129. The monoisotopic (exact) mass is 548 g/mol. The summed E-state index contributed by atoms with van der Waals surface area (Å²) < 4.78 is 7.30. The first kappa shape index (κ1) is 25.7. The van der Waals surface area contributed by atoms with Gasteiger partial charge in [0.05, 0.1) is 24.4 Å². The lowest BCUT2D eigenvalue weighted by Crippen LogP contribution is -2.47. The Labute approximate surface area is 233 Å². The number of aliphatic hydroxyl groups excluding tert-OH is 1. The van der Waals surface area contributed by atoms with E-state index in [9.17, 15) is 5.11 Å². The normalized spacial score (nSPS) is 16.8. The van der Waals surface area contributed by atoms with Crippen LogP contribution in [-0.2, 0) is 6.61 Å². The molecule has 6 rings (SSSR count). The Morgan fingerprint density at radius 2 is 1.67 bits per heavy atom. The Bertz CT molecular complexity index is 1460. The molecule has 0 aliphatic carbocycles. The van der Waals surface area contributed by atoms with Crippen LogP contribution in [0.3, 0.4) is 0 Å². The molecule has 5 heterocycles. The number of nitrogens with zero attached hydrogens (tertiary/aromatic N) is 8. The number of imidazole rings is 1. The van der Waals surface area contributed by atoms with Gasteiger partial charge in [0.25, 0.3) is 0 Å². The van der Waals surface area contributed by atoms with E-state index >= 15 is 0 Å². The standard InChI is InChI=1S/C28H33ClN8O2/c1-33-7-9-36(10-8-33)28-30-5-3-26(32-28)35-13-11-34(12-14-35)21-4-6-37-18-24(31-27(37)16-21)22-17-23(29)25(39-2)15-20(22)19-38/h3-6,15-18,38H,7-14,19H2,1-2H3. The van der Waals surface area contributed by atoms with Gasteiger partial charge in [-0.2, -0.15) is 4.98 Å². The Balaban J connectivity index is 1.16. The summed E-state index contributed by atoms with van der Waals surface area (Å²) in [6.45, 7) is 7.39. The van der Waals surface area contributed by atoms with Crippen molar-refractivity contribution in [3.05, 3.63) is 59.5 Å². The average molecular weight is 549 g/mol. The number of aliphatic hydroxyl groups is 1. The van der Waals surface area contributed by atoms with Gasteiger partial charge in [-0.3, -0.25) is 0 Å². The summed E-state index contributed by atoms with van der Waals surface area (Å²) in [4.78, 5) is 23.6. The molecule has 39 heavy (non-hydrogen) atoms. The second-order valence-corrected chi connectivity index (χ2v) is 10.5. The summed E-state index contributed by atoms with van der Waals surface area (Å²) in [6.07, 6.45) is 5.87. The molecule has 0 radical (unpaired) electrons. The molecule has 11 heteroatoms. The fourth-order valence-corrected chi connectivity index (χ4v) is 5.53. The van der Waals surface area contributed by atoms with E-state index in [1.54, 1.807) is 19.2 Å². The number of fused-ring (bicyclic) bond motifs is 1. The predicted molar refractivity (Wildman–Crippen MR) is 154 cm³/mol. The van der Waals surface area contributed by atoms with Crippen molar-refractivity contribution < 1.29 is 9.84 Å². The topological polar surface area (TPSA) is 85.5 Å². The van der Waals surface area contributed by atoms with Gasteiger partial charge in [-0.25, -0.2) is 9.97 Å². The van der Waals surface area contributed by atoms with E-state index in [1.807, 2.05) is 29.1 Å². The maximum absolute atomic E-state index is 9.92. The summed E-state index contributed by atoms with van der Waals surface area (Å²) in [6, 6.07) is 9.81. The molecule has 2 fully saturated rings. The van der Waals surface area contributed by atoms with E-state index in [4.69, 9.17) is 26.3 Å². The first-order valence-corrected chi connectivity index (χ1v) is 13.6. The van der Waals surface area contributed by atoms with Crippen LogP contribution in [0.4, 0.5) is 17.5 Å². The summed E-state index contributed by atoms with van der Waals surface area (Å²) in [7, 11) is 3.72. The van der Waals surface area contributed by atoms with Gasteiger partial charge in [0.15, 0.2) is 0 Å². The number of hydrogen-bond donors (Lipinski definition) is 1. The molecule has 2 aliphatic heterocycles. The van der Waals surface area contributed by atoms with E-state index in [1.165, 1.54) is 0 Å². The fourth-order valence-electron chi connectivity index (χ4n) is 5.29. The fraction of sp³-hybridized carbons (Fsp3) is 0.393. The summed E-state index contributed by atoms with van der Waals surface area (Å²) >= 11 is 6.38. The summed E-state index contributed by atoms with van der Waals surface area (Å²) in [5, 5.41) is 10.4. The average Bonchev–Trinajstić information content (AvgIpc) is 3.41. The van der Waals surface area contributed by atoms with Crippen LogP contribution < -0.4 is 19.4 Å². The highest BCUT2D eigenvalue weighted by Crippen LogP contribution is 2.34. The van der Waals surface area contributed by atoms with Crippen molar-refractivity contribution in [2.24, 2.45) is 0 Å². The lowest BCUT2D eigenvalue weighted by molar-refractivity contribution is 0.281. The first-order chi connectivity index (χ1) is 19.0. The molecule has 1 aromatic carbocycles. The number of benzene rings is 1. The molecule has 0 atom stereocenters. The number of ether oxygens (including phenoxy) is 1. The third kappa shape index (κ3) is 5.19. The predicted octanol–water partition coefficient (Wildman–Crippen LogP) is 3.02. The number of pyridine rings is 1. The molecule has 0 spiro atoms. The van der Waals surface area contributed by atoms with E-state index in [0.29, 0.717) is 10.8 Å². The molecule has 0 unspecified atom stereocenters. The Morgan fingerprint density at radius 3 is 2.41 bits per heavy atom. The van der Waals surface area contributed by atoms with Crippen molar-refractivity contribution in [2.75, 3.05) is 81.2 Å². The number of halogens is 1. The lowest BCUT2D eigenvalue weighted by Gasteiger charge is -2.37. The largest absolute Gasteiger partial charge is 0.495 e. The summed E-state index contributed by atoms with van der Waals surface area (Å²) in [5.74, 6) is 2.35. The molecule has 2 saturated heterocycles. The van der Waals surface area contributed by atoms with Gasteiger partial charge >= 0.3 is 0 Å². The van der Waals surface area contributed by atoms with Crippen molar-refractivity contribution in [2.45, 2.75) is 6.61 Å². The van der Waals surface area contributed by atoms with Crippen LogP contribution in [0.15, 0.2) is 48.9 Å². The van der Waals surface area contributed by atoms with Gasteiger partial charge in [-0.1, -0.05) is 11.6 Å². The van der Waals surface area contributed by atoms with Crippen molar-refractivity contribution >= 4 is 34.7 Å². The number of rotatable bonds is 6. The number of methoxy groups -OCH3 is 1. The van der Waals surface area contributed by atoms with Crippen molar-refractivity contribution in [1.29, 1.82) is 0 Å². The lowest BCUT2D eigenvalue weighted by atomic mass is 10.1. The Morgan fingerprint density at radius 1 is 0.923 bits per heavy atom. The minimum Gasteiger partial charge on any atom is -0.495 e. The van der Waals surface area contributed by atoms with Crippen molar-refractivity contribution in [1.82, 2.24) is 24.3 Å². The highest BCUT2D eigenvalue weighted by atomic mass is 35.5. The van der Waals surface area contributed by atoms with Gasteiger partial charge in [0, 0.05) is 88.3 Å². The molecular formula is C28H33ClN8O2. The van der Waals surface area contributed by atoms with Gasteiger partial charge in [0.2, 0.25) is 5.95 Å². The molecule has 3 aromatic heterocycles. The number of likely N-dealkylation sites (N-methyl/N-ethyl adjacent to an activating group) is 1. The SMILES string of the molecule is COc1cc(CO)c(-c2cn3ccc(N4CCN(c5ccnc(N6CCN(C)CC6)n5)CC4)cc3n2)cc1Cl. The third-order valence-electron chi connectivity index (χ3n) is 7.65. The van der Waals surface area contributed by atoms with Crippen LogP contribution in [-0.4, -0.2) is 95.9 Å². The van der Waals surface area contributed by atoms with Crippen molar-refractivity contribution in [3.63, 3.8) is 0 Å². The molecule has 1 N–H and O–H groups in total. The maximum atomic E-state index is 9.92. The molecule has 0 amide bonds. The van der Waals surface area contributed by atoms with Crippen LogP contribution in [0.25, 0.3) is 16.9 Å². The highest BCUT2D eigenvalue weighted by Gasteiger charge is 2.22. The van der Waals surface area contributed by atoms with Gasteiger partial charge in [0.1, 0.15) is 17.2 Å². The van der Waals surface area contributed by atoms with Gasteiger partial charge in [-0.05, 0) is 36.9 Å². The van der Waals surface area contributed by atoms with Crippen LogP contribution in [0, 0.1) is 0 Å². The first-order valence-electron chi connectivity index (χ1n) is 13.2. The van der Waals surface area contributed by atoms with Crippen molar-refractivity contribution in [3.8, 4) is 17.0 Å². The minimum atomic E-state index is -0.129. The quantitative estimate of drug-likeness (QED) is 0.391. The number of hydrogen-bond acceptors (Lipinski definition) is 9. The van der Waals surface area contributed by atoms with Crippen LogP contribution >= 0.6 is 11.6 Å². The van der Waals surface area contributed by atoms with E-state index < -0.39 is 0 Å². The van der Waals surface area contributed by atoms with Gasteiger partial charge < -0.3 is 33.8 Å². The molecule has 2 aliphatic rings. The molecule has 0 saturated carbocycles. The molecule has 4 aromatic rings. The summed E-state index contributed by atoms with van der Waals surface area (Å²) in [5.41, 5.74) is 4.24. The maximum Gasteiger partial charge on any atom is 0.227 e. The smallest absolute Gasteiger partial charge is 0.227 e. The molecular weight excluding hydrogens is 516 g/mol. The Kier molecular flexibility index (Phi) is 7.16. The zero-order valence-electron chi connectivity index (χ0n) is 22.3.